The maximum atomic E-state index is 10.5. The van der Waals surface area contributed by atoms with Crippen LogP contribution in [-0.2, 0) is 14.3 Å². The van der Waals surface area contributed by atoms with Crippen molar-refractivity contribution in [3.8, 4) is 0 Å². The van der Waals surface area contributed by atoms with E-state index in [-0.39, 0.29) is 49.7 Å². The van der Waals surface area contributed by atoms with Gasteiger partial charge in [0.25, 0.3) is 0 Å². The Morgan fingerprint density at radius 1 is 1.50 bits per heavy atom. The Kier molecular flexibility index (Phi) is 9.14. The van der Waals surface area contributed by atoms with E-state index in [2.05, 4.69) is 4.74 Å². The second-order valence-electron chi connectivity index (χ2n) is 1.95. The quantitative estimate of drug-likeness (QED) is 0.302. The summed E-state index contributed by atoms with van der Waals surface area (Å²) in [6.45, 7) is 2.98. The molecule has 0 aromatic heterocycles. The molecule has 0 rings (SSSR count). The predicted molar refractivity (Wildman–Crippen MR) is 46.3 cm³/mol. The van der Waals surface area contributed by atoms with E-state index in [1.807, 2.05) is 0 Å². The van der Waals surface area contributed by atoms with Gasteiger partial charge in [0.1, 0.15) is 6.26 Å². The first-order chi connectivity index (χ1) is 5.07. The van der Waals surface area contributed by atoms with E-state index in [9.17, 15) is 9.59 Å². The number of esters is 1. The van der Waals surface area contributed by atoms with Gasteiger partial charge < -0.3 is 9.84 Å². The minimum absolute atomic E-state index is 0. The summed E-state index contributed by atoms with van der Waals surface area (Å²) in [4.78, 5) is 20.6. The van der Waals surface area contributed by atoms with Crippen LogP contribution in [0, 0.1) is 0 Å². The molecule has 0 aliphatic heterocycles. The van der Waals surface area contributed by atoms with Gasteiger partial charge in [0, 0.05) is 6.42 Å². The van der Waals surface area contributed by atoms with Crippen LogP contribution >= 0.6 is 0 Å². The van der Waals surface area contributed by atoms with Gasteiger partial charge in [-0.3, -0.25) is 4.79 Å². The molecule has 12 heavy (non-hydrogen) atoms. The number of carboxylic acids is 1. The molecular weight excluding hydrogens is 188 g/mol. The first kappa shape index (κ1) is 14.5. The van der Waals surface area contributed by atoms with Gasteiger partial charge in [0.15, 0.2) is 0 Å². The summed E-state index contributed by atoms with van der Waals surface area (Å²) in [6.07, 6.45) is 1.18. The number of carbonyl (C=O) groups is 2. The molecule has 0 unspecified atom stereocenters. The molecule has 4 nitrogen and oxygen atoms in total. The van der Waals surface area contributed by atoms with Gasteiger partial charge in [-0.2, -0.15) is 0 Å². The van der Waals surface area contributed by atoms with E-state index in [1.54, 1.807) is 6.92 Å². The molecule has 0 radical (unpaired) electrons. The minimum atomic E-state index is -1.09. The molecule has 0 amide bonds. The Hall–Kier alpha value is -0.0603. The summed E-state index contributed by atoms with van der Waals surface area (Å²) in [5.41, 5.74) is 0.00630. The van der Waals surface area contributed by atoms with Crippen LogP contribution in [0.1, 0.15) is 20.3 Å². The maximum absolute atomic E-state index is 10.5. The molecule has 1 N–H and O–H groups in total. The molecule has 0 aliphatic carbocycles. The molecule has 66 valence electrons. The van der Waals surface area contributed by atoms with Gasteiger partial charge in [0.05, 0.1) is 5.57 Å². The molecule has 0 aromatic rings. The van der Waals surface area contributed by atoms with Crippen LogP contribution in [0.25, 0.3) is 0 Å². The number of hydrogen-bond donors (Lipinski definition) is 1. The van der Waals surface area contributed by atoms with Crippen LogP contribution in [-0.4, -0.2) is 54.8 Å². The summed E-state index contributed by atoms with van der Waals surface area (Å²) >= 11 is 0. The van der Waals surface area contributed by atoms with Crippen LogP contribution in [0.15, 0.2) is 11.8 Å². The summed E-state index contributed by atoms with van der Waals surface area (Å²) in [7, 11) is 0. The molecule has 0 aliphatic rings. The fraction of sp³-hybridized carbons (Fsp3) is 0.429. The van der Waals surface area contributed by atoms with Gasteiger partial charge in [-0.25, -0.2) is 4.79 Å². The average Bonchev–Trinajstić information content (AvgIpc) is 1.99. The van der Waals surface area contributed by atoms with Crippen molar-refractivity contribution < 1.29 is 19.4 Å². The Bertz CT molecular complexity index is 198. The van der Waals surface area contributed by atoms with E-state index in [1.165, 1.54) is 6.92 Å². The van der Waals surface area contributed by atoms with Crippen molar-refractivity contribution in [2.24, 2.45) is 0 Å². The van der Waals surface area contributed by atoms with E-state index >= 15 is 0 Å². The number of aliphatic carboxylic acids is 1. The molecule has 0 saturated heterocycles. The molecule has 0 spiro atoms. The van der Waals surface area contributed by atoms with Crippen LogP contribution < -0.4 is 0 Å². The average molecular weight is 200 g/mol. The molecule has 0 saturated carbocycles. The van der Waals surface area contributed by atoms with E-state index < -0.39 is 11.9 Å². The summed E-state index contributed by atoms with van der Waals surface area (Å²) in [6, 6.07) is 0. The molecule has 5 heteroatoms. The van der Waals surface area contributed by atoms with Gasteiger partial charge in [-0.05, 0) is 6.92 Å². The van der Waals surface area contributed by atoms with Gasteiger partial charge in [-0.1, -0.05) is 6.92 Å². The number of rotatable bonds is 3. The Morgan fingerprint density at radius 3 is 2.33 bits per heavy atom. The zero-order chi connectivity index (χ0) is 8.85. The number of hydrogen-bond acceptors (Lipinski definition) is 3. The SMILES string of the molecule is CCC(=O)OC=C(C)C(=O)O.[CaH2]. The molecule has 0 aromatic carbocycles. The standard InChI is InChI=1S/C7H10O4.Ca.2H/c1-3-6(8)11-4-5(2)7(9)10;;;/h4H,3H2,1-2H3,(H,9,10);;;. The number of carboxylic acid groups (broad SMARTS) is 1. The number of carbonyl (C=O) groups excluding carboxylic acids is 1. The third kappa shape index (κ3) is 6.64. The molecule has 0 heterocycles. The van der Waals surface area contributed by atoms with Crippen molar-refractivity contribution in [1.29, 1.82) is 0 Å². The fourth-order valence-electron chi connectivity index (χ4n) is 0.288. The summed E-state index contributed by atoms with van der Waals surface area (Å²) < 4.78 is 4.43. The first-order valence-electron chi connectivity index (χ1n) is 3.17. The van der Waals surface area contributed by atoms with E-state index in [0.717, 1.165) is 6.26 Å². The summed E-state index contributed by atoms with van der Waals surface area (Å²) in [5.74, 6) is -1.53. The molecular formula is C7H12CaO4. The molecule has 0 atom stereocenters. The normalized spacial score (nSPS) is 10.0. The van der Waals surface area contributed by atoms with Crippen LogP contribution in [0.3, 0.4) is 0 Å². The zero-order valence-corrected chi connectivity index (χ0v) is 6.46. The van der Waals surface area contributed by atoms with Crippen molar-refractivity contribution in [2.45, 2.75) is 20.3 Å². The van der Waals surface area contributed by atoms with Gasteiger partial charge in [-0.15, -0.1) is 0 Å². The molecule has 0 fully saturated rings. The van der Waals surface area contributed by atoms with Crippen molar-refractivity contribution in [3.63, 3.8) is 0 Å². The monoisotopic (exact) mass is 200 g/mol. The Morgan fingerprint density at radius 2 is 2.00 bits per heavy atom. The first-order valence-corrected chi connectivity index (χ1v) is 3.17. The fourth-order valence-corrected chi connectivity index (χ4v) is 0.288. The van der Waals surface area contributed by atoms with Crippen molar-refractivity contribution >= 4 is 49.7 Å². The van der Waals surface area contributed by atoms with Crippen LogP contribution in [0.4, 0.5) is 0 Å². The second kappa shape index (κ2) is 7.58. The van der Waals surface area contributed by atoms with Crippen LogP contribution in [0.5, 0.6) is 0 Å². The Labute approximate surface area is 101 Å². The topological polar surface area (TPSA) is 63.6 Å². The van der Waals surface area contributed by atoms with Gasteiger partial charge in [0.2, 0.25) is 0 Å². The number of ether oxygens (including phenoxy) is 1. The third-order valence-electron chi connectivity index (χ3n) is 0.993. The van der Waals surface area contributed by atoms with Crippen molar-refractivity contribution in [2.75, 3.05) is 0 Å². The zero-order valence-electron chi connectivity index (χ0n) is 6.46. The molecule has 0 bridgehead atoms. The van der Waals surface area contributed by atoms with Gasteiger partial charge >= 0.3 is 49.7 Å². The second-order valence-corrected chi connectivity index (χ2v) is 1.95. The van der Waals surface area contributed by atoms with E-state index in [0.29, 0.717) is 0 Å². The summed E-state index contributed by atoms with van der Waals surface area (Å²) in [5, 5.41) is 8.31. The third-order valence-corrected chi connectivity index (χ3v) is 0.993. The van der Waals surface area contributed by atoms with Crippen molar-refractivity contribution in [3.05, 3.63) is 11.8 Å². The predicted octanol–water partition coefficient (Wildman–Crippen LogP) is 0.0118. The van der Waals surface area contributed by atoms with E-state index in [4.69, 9.17) is 5.11 Å². The van der Waals surface area contributed by atoms with Crippen LogP contribution in [0.2, 0.25) is 0 Å². The Balaban J connectivity index is 0. The van der Waals surface area contributed by atoms with Crippen molar-refractivity contribution in [1.82, 2.24) is 0 Å².